The highest BCUT2D eigenvalue weighted by molar-refractivity contribution is 7.09. The molecule has 5 nitrogen and oxygen atoms in total. The van der Waals surface area contributed by atoms with Crippen molar-refractivity contribution in [2.75, 3.05) is 23.3 Å². The number of nitrogens with zero attached hydrogens (tertiary/aromatic N) is 3. The third-order valence-electron chi connectivity index (χ3n) is 3.49. The number of anilines is 2. The molecule has 1 N–H and O–H groups in total. The van der Waals surface area contributed by atoms with Gasteiger partial charge in [0, 0.05) is 24.5 Å². The van der Waals surface area contributed by atoms with Gasteiger partial charge in [0.25, 0.3) is 0 Å². The summed E-state index contributed by atoms with van der Waals surface area (Å²) in [5.74, 6) is 0.797. The molecular weight excluding hydrogens is 296 g/mol. The number of aryl methyl sites for hydroxylation is 1. The van der Waals surface area contributed by atoms with Crippen molar-refractivity contribution in [1.82, 2.24) is 9.97 Å². The first-order valence-electron chi connectivity index (χ1n) is 7.33. The molecule has 3 rings (SSSR count). The molecule has 0 radical (unpaired) electrons. The van der Waals surface area contributed by atoms with Crippen LogP contribution in [0.3, 0.4) is 0 Å². The number of rotatable bonds is 4. The van der Waals surface area contributed by atoms with Crippen LogP contribution in [0.5, 0.6) is 0 Å². The summed E-state index contributed by atoms with van der Waals surface area (Å²) in [5, 5.41) is 5.72. The van der Waals surface area contributed by atoms with Crippen molar-refractivity contribution in [3.63, 3.8) is 0 Å². The van der Waals surface area contributed by atoms with Gasteiger partial charge in [-0.2, -0.15) is 0 Å². The summed E-state index contributed by atoms with van der Waals surface area (Å²) in [7, 11) is 0. The Balaban J connectivity index is 1.58. The molecule has 2 aromatic rings. The Labute approximate surface area is 133 Å². The second-order valence-electron chi connectivity index (χ2n) is 5.21. The molecule has 3 heterocycles. The number of nitrogens with one attached hydrogen (secondary N) is 1. The maximum atomic E-state index is 11.9. The van der Waals surface area contributed by atoms with E-state index in [0.717, 1.165) is 29.6 Å². The van der Waals surface area contributed by atoms with Crippen molar-refractivity contribution in [3.8, 4) is 0 Å². The predicted molar refractivity (Wildman–Crippen MR) is 90.2 cm³/mol. The van der Waals surface area contributed by atoms with Crippen LogP contribution in [0.2, 0.25) is 0 Å². The van der Waals surface area contributed by atoms with Gasteiger partial charge in [-0.3, -0.25) is 4.79 Å². The summed E-state index contributed by atoms with van der Waals surface area (Å²) >= 11 is 1.56. The molecule has 1 amide bonds. The first-order valence-corrected chi connectivity index (χ1v) is 8.21. The van der Waals surface area contributed by atoms with Gasteiger partial charge in [0.2, 0.25) is 5.91 Å². The van der Waals surface area contributed by atoms with Crippen LogP contribution in [-0.4, -0.2) is 29.0 Å². The minimum Gasteiger partial charge on any atom is -0.357 e. The number of carbonyl (C=O) groups excluding carboxylic acids is 1. The van der Waals surface area contributed by atoms with Crippen LogP contribution in [0.15, 0.2) is 29.8 Å². The lowest BCUT2D eigenvalue weighted by Gasteiger charge is -2.16. The van der Waals surface area contributed by atoms with E-state index in [2.05, 4.69) is 20.2 Å². The van der Waals surface area contributed by atoms with E-state index in [1.165, 1.54) is 18.9 Å². The number of aromatic nitrogens is 2. The number of thiazole rings is 1. The van der Waals surface area contributed by atoms with Gasteiger partial charge in [-0.1, -0.05) is 0 Å². The third-order valence-corrected chi connectivity index (χ3v) is 4.28. The molecule has 0 bridgehead atoms. The molecule has 0 atom stereocenters. The van der Waals surface area contributed by atoms with E-state index >= 15 is 0 Å². The minimum atomic E-state index is -0.179. The molecule has 0 spiro atoms. The van der Waals surface area contributed by atoms with Crippen molar-refractivity contribution < 1.29 is 4.79 Å². The molecule has 1 aliphatic rings. The zero-order valence-electron chi connectivity index (χ0n) is 12.5. The van der Waals surface area contributed by atoms with Gasteiger partial charge in [-0.25, -0.2) is 9.97 Å². The molecule has 114 valence electrons. The smallest absolute Gasteiger partial charge is 0.248 e. The van der Waals surface area contributed by atoms with Crippen LogP contribution < -0.4 is 10.2 Å². The average molecular weight is 314 g/mol. The molecule has 6 heteroatoms. The van der Waals surface area contributed by atoms with Crippen LogP contribution in [0.4, 0.5) is 11.5 Å². The molecule has 0 saturated carbocycles. The molecule has 2 aromatic heterocycles. The molecule has 0 aliphatic carbocycles. The Morgan fingerprint density at radius 2 is 2.18 bits per heavy atom. The summed E-state index contributed by atoms with van der Waals surface area (Å²) in [6, 6.07) is 3.84. The zero-order chi connectivity index (χ0) is 15.4. The highest BCUT2D eigenvalue weighted by Gasteiger charge is 2.13. The number of carbonyl (C=O) groups is 1. The van der Waals surface area contributed by atoms with Crippen LogP contribution in [-0.2, 0) is 4.79 Å². The second-order valence-corrected chi connectivity index (χ2v) is 6.28. The highest BCUT2D eigenvalue weighted by Crippen LogP contribution is 2.19. The maximum absolute atomic E-state index is 11.9. The lowest BCUT2D eigenvalue weighted by molar-refractivity contribution is -0.111. The SMILES string of the molecule is Cc1nc(/C=C/C(=O)Nc2ccc(N3CCCC3)nc2)cs1. The molecule has 1 aliphatic heterocycles. The van der Waals surface area contributed by atoms with Crippen molar-refractivity contribution >= 4 is 34.8 Å². The summed E-state index contributed by atoms with van der Waals surface area (Å²) in [5.41, 5.74) is 1.51. The largest absolute Gasteiger partial charge is 0.357 e. The van der Waals surface area contributed by atoms with E-state index in [-0.39, 0.29) is 5.91 Å². The van der Waals surface area contributed by atoms with Crippen LogP contribution >= 0.6 is 11.3 Å². The summed E-state index contributed by atoms with van der Waals surface area (Å²) in [4.78, 5) is 22.8. The van der Waals surface area contributed by atoms with Gasteiger partial charge in [0.05, 0.1) is 22.6 Å². The first-order chi connectivity index (χ1) is 10.7. The second kappa shape index (κ2) is 6.70. The summed E-state index contributed by atoms with van der Waals surface area (Å²) < 4.78 is 0. The van der Waals surface area contributed by atoms with E-state index < -0.39 is 0 Å². The van der Waals surface area contributed by atoms with E-state index in [9.17, 15) is 4.79 Å². The van der Waals surface area contributed by atoms with Crippen LogP contribution in [0, 0.1) is 6.92 Å². The zero-order valence-corrected chi connectivity index (χ0v) is 13.3. The van der Waals surface area contributed by atoms with E-state index in [1.807, 2.05) is 24.4 Å². The molecular formula is C16H18N4OS. The average Bonchev–Trinajstić information content (AvgIpc) is 3.17. The van der Waals surface area contributed by atoms with Crippen molar-refractivity contribution in [2.45, 2.75) is 19.8 Å². The standard InChI is InChI=1S/C16H18N4OS/c1-12-18-14(11-22-12)5-7-16(21)19-13-4-6-15(17-10-13)20-8-2-3-9-20/h4-7,10-11H,2-3,8-9H2,1H3,(H,19,21)/b7-5+. The topological polar surface area (TPSA) is 58.1 Å². The van der Waals surface area contributed by atoms with Gasteiger partial charge in [0.1, 0.15) is 5.82 Å². The lowest BCUT2D eigenvalue weighted by atomic mass is 10.3. The van der Waals surface area contributed by atoms with Crippen molar-refractivity contribution in [1.29, 1.82) is 0 Å². The van der Waals surface area contributed by atoms with E-state index in [0.29, 0.717) is 5.69 Å². The highest BCUT2D eigenvalue weighted by atomic mass is 32.1. The molecule has 1 fully saturated rings. The Hall–Kier alpha value is -2.21. The summed E-state index contributed by atoms with van der Waals surface area (Å²) in [6.07, 6.45) is 7.35. The lowest BCUT2D eigenvalue weighted by Crippen LogP contribution is -2.18. The van der Waals surface area contributed by atoms with Crippen molar-refractivity contribution in [2.24, 2.45) is 0 Å². The number of hydrogen-bond acceptors (Lipinski definition) is 5. The third kappa shape index (κ3) is 3.71. The van der Waals surface area contributed by atoms with E-state index in [4.69, 9.17) is 0 Å². The Kier molecular flexibility index (Phi) is 4.48. The molecule has 0 unspecified atom stereocenters. The van der Waals surface area contributed by atoms with Gasteiger partial charge in [0.15, 0.2) is 0 Å². The number of amides is 1. The molecule has 1 saturated heterocycles. The molecule has 0 aromatic carbocycles. The monoisotopic (exact) mass is 314 g/mol. The fraction of sp³-hybridized carbons (Fsp3) is 0.312. The predicted octanol–water partition coefficient (Wildman–Crippen LogP) is 3.10. The fourth-order valence-electron chi connectivity index (χ4n) is 2.39. The quantitative estimate of drug-likeness (QED) is 0.881. The Bertz CT molecular complexity index is 672. The normalized spacial score (nSPS) is 14.7. The van der Waals surface area contributed by atoms with Crippen LogP contribution in [0.1, 0.15) is 23.5 Å². The van der Waals surface area contributed by atoms with Gasteiger partial charge in [-0.05, 0) is 38.0 Å². The molecule has 22 heavy (non-hydrogen) atoms. The Morgan fingerprint density at radius 3 is 2.82 bits per heavy atom. The minimum absolute atomic E-state index is 0.179. The van der Waals surface area contributed by atoms with Gasteiger partial charge >= 0.3 is 0 Å². The van der Waals surface area contributed by atoms with E-state index in [1.54, 1.807) is 23.6 Å². The van der Waals surface area contributed by atoms with Gasteiger partial charge < -0.3 is 10.2 Å². The van der Waals surface area contributed by atoms with Gasteiger partial charge in [-0.15, -0.1) is 11.3 Å². The summed E-state index contributed by atoms with van der Waals surface area (Å²) in [6.45, 7) is 4.07. The van der Waals surface area contributed by atoms with Crippen molar-refractivity contribution in [3.05, 3.63) is 40.5 Å². The van der Waals surface area contributed by atoms with Crippen LogP contribution in [0.25, 0.3) is 6.08 Å². The number of hydrogen-bond donors (Lipinski definition) is 1. The number of pyridine rings is 1. The fourth-order valence-corrected chi connectivity index (χ4v) is 2.98. The first kappa shape index (κ1) is 14.7. The Morgan fingerprint density at radius 1 is 1.36 bits per heavy atom. The maximum Gasteiger partial charge on any atom is 0.248 e.